The van der Waals surface area contributed by atoms with Crippen LogP contribution in [0.15, 0.2) is 53.4 Å². The number of anilines is 1. The number of aryl methyl sites for hydroxylation is 1. The Morgan fingerprint density at radius 3 is 2.33 bits per heavy atom. The van der Waals surface area contributed by atoms with E-state index >= 15 is 0 Å². The number of hydrogen-bond donors (Lipinski definition) is 2. The van der Waals surface area contributed by atoms with E-state index in [-0.39, 0.29) is 4.90 Å². The number of sulfonamides is 1. The van der Waals surface area contributed by atoms with Crippen molar-refractivity contribution in [3.8, 4) is 0 Å². The highest BCUT2D eigenvalue weighted by molar-refractivity contribution is 7.92. The molecule has 0 aliphatic rings. The van der Waals surface area contributed by atoms with Crippen LogP contribution in [-0.4, -0.2) is 15.5 Å². The van der Waals surface area contributed by atoms with Gasteiger partial charge in [0.1, 0.15) is 0 Å². The molecule has 0 bridgehead atoms. The predicted octanol–water partition coefficient (Wildman–Crippen LogP) is 2.77. The predicted molar refractivity (Wildman–Crippen MR) is 85.8 cm³/mol. The molecule has 0 saturated carbocycles. The zero-order chi connectivity index (χ0) is 15.3. The summed E-state index contributed by atoms with van der Waals surface area (Å²) in [5.41, 5.74) is 2.71. The van der Waals surface area contributed by atoms with Crippen LogP contribution in [0.5, 0.6) is 0 Å². The Kier molecular flexibility index (Phi) is 4.98. The number of hydrogen-bond acceptors (Lipinski definition) is 3. The molecule has 0 aromatic heterocycles. The second-order valence-electron chi connectivity index (χ2n) is 4.83. The third-order valence-corrected chi connectivity index (χ3v) is 4.60. The molecule has 112 valence electrons. The van der Waals surface area contributed by atoms with Gasteiger partial charge < -0.3 is 5.32 Å². The van der Waals surface area contributed by atoms with E-state index in [2.05, 4.69) is 10.0 Å². The van der Waals surface area contributed by atoms with Crippen molar-refractivity contribution in [1.29, 1.82) is 0 Å². The molecule has 0 spiro atoms. The van der Waals surface area contributed by atoms with Gasteiger partial charge in [-0.25, -0.2) is 8.42 Å². The first-order valence-electron chi connectivity index (χ1n) is 6.90. The Labute approximate surface area is 126 Å². The average Bonchev–Trinajstić information content (AvgIpc) is 2.47. The standard InChI is InChI=1S/C16H20N2O2S/c1-3-13-7-9-16(10-8-13)21(19,20)18-15-6-4-5-14(11-15)12-17-2/h4-11,17-18H,3,12H2,1-2H3. The minimum atomic E-state index is -3.54. The summed E-state index contributed by atoms with van der Waals surface area (Å²) in [5, 5.41) is 3.04. The molecule has 0 aliphatic heterocycles. The van der Waals surface area contributed by atoms with Crippen LogP contribution >= 0.6 is 0 Å². The van der Waals surface area contributed by atoms with Gasteiger partial charge in [-0.05, 0) is 48.9 Å². The summed E-state index contributed by atoms with van der Waals surface area (Å²) in [7, 11) is -1.69. The Morgan fingerprint density at radius 2 is 1.71 bits per heavy atom. The van der Waals surface area contributed by atoms with Crippen LogP contribution in [0.1, 0.15) is 18.1 Å². The van der Waals surface area contributed by atoms with Gasteiger partial charge in [-0.1, -0.05) is 31.2 Å². The van der Waals surface area contributed by atoms with Crippen molar-refractivity contribution in [2.24, 2.45) is 0 Å². The summed E-state index contributed by atoms with van der Waals surface area (Å²) in [6.45, 7) is 2.73. The van der Waals surface area contributed by atoms with Gasteiger partial charge in [0.05, 0.1) is 4.90 Å². The summed E-state index contributed by atoms with van der Waals surface area (Å²) in [5.74, 6) is 0. The quantitative estimate of drug-likeness (QED) is 0.863. The van der Waals surface area contributed by atoms with Crippen LogP contribution in [0.4, 0.5) is 5.69 Å². The summed E-state index contributed by atoms with van der Waals surface area (Å²) in [6, 6.07) is 14.3. The fraction of sp³-hybridized carbons (Fsp3) is 0.250. The maximum Gasteiger partial charge on any atom is 0.261 e. The lowest BCUT2D eigenvalue weighted by Gasteiger charge is -2.10. The molecule has 2 N–H and O–H groups in total. The highest BCUT2D eigenvalue weighted by atomic mass is 32.2. The van der Waals surface area contributed by atoms with E-state index in [9.17, 15) is 8.42 Å². The molecule has 0 heterocycles. The van der Waals surface area contributed by atoms with Crippen molar-refractivity contribution in [2.45, 2.75) is 24.8 Å². The van der Waals surface area contributed by atoms with Gasteiger partial charge in [-0.3, -0.25) is 4.72 Å². The van der Waals surface area contributed by atoms with Crippen LogP contribution in [0.2, 0.25) is 0 Å². The highest BCUT2D eigenvalue weighted by Gasteiger charge is 2.13. The first-order valence-corrected chi connectivity index (χ1v) is 8.39. The molecular weight excluding hydrogens is 284 g/mol. The topological polar surface area (TPSA) is 58.2 Å². The minimum absolute atomic E-state index is 0.277. The van der Waals surface area contributed by atoms with Crippen LogP contribution in [-0.2, 0) is 23.0 Å². The van der Waals surface area contributed by atoms with Gasteiger partial charge in [0.15, 0.2) is 0 Å². The van der Waals surface area contributed by atoms with Crippen LogP contribution in [0.3, 0.4) is 0 Å². The number of nitrogens with one attached hydrogen (secondary N) is 2. The first-order chi connectivity index (χ1) is 10.0. The summed E-state index contributed by atoms with van der Waals surface area (Å²) in [4.78, 5) is 0.277. The van der Waals surface area contributed by atoms with Crippen molar-refractivity contribution in [3.05, 3.63) is 59.7 Å². The molecule has 0 fully saturated rings. The fourth-order valence-electron chi connectivity index (χ4n) is 2.07. The van der Waals surface area contributed by atoms with Gasteiger partial charge in [-0.2, -0.15) is 0 Å². The summed E-state index contributed by atoms with van der Waals surface area (Å²) < 4.78 is 27.3. The average molecular weight is 304 g/mol. The van der Waals surface area contributed by atoms with E-state index in [0.29, 0.717) is 12.2 Å². The van der Waals surface area contributed by atoms with Crippen LogP contribution in [0, 0.1) is 0 Å². The Bertz CT molecular complexity index is 694. The Morgan fingerprint density at radius 1 is 1.00 bits per heavy atom. The van der Waals surface area contributed by atoms with Crippen molar-refractivity contribution in [3.63, 3.8) is 0 Å². The molecule has 2 aromatic rings. The minimum Gasteiger partial charge on any atom is -0.316 e. The highest BCUT2D eigenvalue weighted by Crippen LogP contribution is 2.18. The number of benzene rings is 2. The fourth-order valence-corrected chi connectivity index (χ4v) is 3.12. The molecule has 0 unspecified atom stereocenters. The molecular formula is C16H20N2O2S. The van der Waals surface area contributed by atoms with E-state index in [1.54, 1.807) is 18.2 Å². The van der Waals surface area contributed by atoms with Crippen molar-refractivity contribution in [2.75, 3.05) is 11.8 Å². The second-order valence-corrected chi connectivity index (χ2v) is 6.52. The lowest BCUT2D eigenvalue weighted by Crippen LogP contribution is -2.13. The zero-order valence-electron chi connectivity index (χ0n) is 12.3. The van der Waals surface area contributed by atoms with Crippen LogP contribution < -0.4 is 10.0 Å². The lowest BCUT2D eigenvalue weighted by molar-refractivity contribution is 0.601. The maximum absolute atomic E-state index is 12.3. The summed E-state index contributed by atoms with van der Waals surface area (Å²) >= 11 is 0. The smallest absolute Gasteiger partial charge is 0.261 e. The van der Waals surface area contributed by atoms with Crippen molar-refractivity contribution >= 4 is 15.7 Å². The Balaban J connectivity index is 2.21. The van der Waals surface area contributed by atoms with E-state index < -0.39 is 10.0 Å². The number of rotatable bonds is 6. The Hall–Kier alpha value is -1.85. The van der Waals surface area contributed by atoms with E-state index in [0.717, 1.165) is 17.5 Å². The van der Waals surface area contributed by atoms with Gasteiger partial charge >= 0.3 is 0 Å². The largest absolute Gasteiger partial charge is 0.316 e. The molecule has 0 aliphatic carbocycles. The first kappa shape index (κ1) is 15.5. The van der Waals surface area contributed by atoms with Crippen molar-refractivity contribution in [1.82, 2.24) is 5.32 Å². The molecule has 0 saturated heterocycles. The molecule has 2 aromatic carbocycles. The van der Waals surface area contributed by atoms with E-state index in [1.807, 2.05) is 44.3 Å². The van der Waals surface area contributed by atoms with Gasteiger partial charge in [0.2, 0.25) is 0 Å². The molecule has 21 heavy (non-hydrogen) atoms. The molecule has 0 radical (unpaired) electrons. The normalized spacial score (nSPS) is 11.3. The van der Waals surface area contributed by atoms with E-state index in [4.69, 9.17) is 0 Å². The lowest BCUT2D eigenvalue weighted by atomic mass is 10.2. The maximum atomic E-state index is 12.3. The van der Waals surface area contributed by atoms with Gasteiger partial charge in [-0.15, -0.1) is 0 Å². The van der Waals surface area contributed by atoms with Gasteiger partial charge in [0.25, 0.3) is 10.0 Å². The molecule has 0 amide bonds. The zero-order valence-corrected chi connectivity index (χ0v) is 13.1. The molecule has 2 rings (SSSR count). The van der Waals surface area contributed by atoms with Crippen LogP contribution in [0.25, 0.3) is 0 Å². The molecule has 5 heteroatoms. The van der Waals surface area contributed by atoms with Crippen molar-refractivity contribution < 1.29 is 8.42 Å². The summed E-state index contributed by atoms with van der Waals surface area (Å²) in [6.07, 6.45) is 0.889. The third kappa shape index (κ3) is 4.06. The monoisotopic (exact) mass is 304 g/mol. The molecule has 4 nitrogen and oxygen atoms in total. The second kappa shape index (κ2) is 6.74. The third-order valence-electron chi connectivity index (χ3n) is 3.20. The molecule has 0 atom stereocenters. The SMILES string of the molecule is CCc1ccc(S(=O)(=O)Nc2cccc(CNC)c2)cc1. The van der Waals surface area contributed by atoms with E-state index in [1.165, 1.54) is 0 Å². The van der Waals surface area contributed by atoms with Gasteiger partial charge in [0, 0.05) is 12.2 Å².